The fourth-order valence-corrected chi connectivity index (χ4v) is 2.17. The summed E-state index contributed by atoms with van der Waals surface area (Å²) in [6.07, 6.45) is 1.39. The van der Waals surface area contributed by atoms with E-state index in [1.165, 1.54) is 24.5 Å². The molecule has 1 aromatic carbocycles. The quantitative estimate of drug-likeness (QED) is 0.584. The lowest BCUT2D eigenvalue weighted by Crippen LogP contribution is -2.00. The molecule has 0 aliphatic rings. The minimum Gasteiger partial charge on any atom is -0.505 e. The molecule has 1 aromatic heterocycles. The van der Waals surface area contributed by atoms with Crippen molar-refractivity contribution in [2.75, 3.05) is 6.61 Å². The van der Waals surface area contributed by atoms with Gasteiger partial charge >= 0.3 is 0 Å². The molecule has 2 aromatic rings. The van der Waals surface area contributed by atoms with Gasteiger partial charge in [-0.05, 0) is 41.5 Å². The summed E-state index contributed by atoms with van der Waals surface area (Å²) in [7, 11) is 0. The fourth-order valence-electron chi connectivity index (χ4n) is 2.17. The lowest BCUT2D eigenvalue weighted by atomic mass is 10.0. The van der Waals surface area contributed by atoms with Gasteiger partial charge in [0.1, 0.15) is 11.9 Å². The number of phenolic OH excluding ortho intramolecular Hbond substituents is 1. The van der Waals surface area contributed by atoms with Gasteiger partial charge in [0.15, 0.2) is 11.6 Å². The first-order chi connectivity index (χ1) is 11.5. The molecule has 0 spiro atoms. The van der Waals surface area contributed by atoms with E-state index in [4.69, 9.17) is 9.52 Å². The summed E-state index contributed by atoms with van der Waals surface area (Å²) >= 11 is 0. The molecule has 0 unspecified atom stereocenters. The molecular weight excluding hydrogens is 315 g/mol. The van der Waals surface area contributed by atoms with Gasteiger partial charge in [-0.2, -0.15) is 0 Å². The van der Waals surface area contributed by atoms with Crippen molar-refractivity contribution in [2.45, 2.75) is 25.0 Å². The smallest absolute Gasteiger partial charge is 0.165 e. The Morgan fingerprint density at radius 2 is 2.04 bits per heavy atom. The Kier molecular flexibility index (Phi) is 6.35. The lowest BCUT2D eigenvalue weighted by molar-refractivity contribution is 0.145. The maximum Gasteiger partial charge on any atom is 0.165 e. The molecule has 0 amide bonds. The predicted octanol–water partition coefficient (Wildman–Crippen LogP) is 2.75. The minimum absolute atomic E-state index is 0.143. The molecule has 0 aliphatic carbocycles. The van der Waals surface area contributed by atoms with Gasteiger partial charge < -0.3 is 24.8 Å². The Morgan fingerprint density at radius 3 is 2.67 bits per heavy atom. The summed E-state index contributed by atoms with van der Waals surface area (Å²) in [4.78, 5) is 0. The van der Waals surface area contributed by atoms with E-state index in [1.807, 2.05) is 0 Å². The average Bonchev–Trinajstić information content (AvgIpc) is 3.10. The number of hydrogen-bond donors (Lipinski definition) is 4. The zero-order valence-electron chi connectivity index (χ0n) is 12.9. The van der Waals surface area contributed by atoms with Gasteiger partial charge in [-0.3, -0.25) is 0 Å². The molecule has 128 valence electrons. The second-order valence-electron chi connectivity index (χ2n) is 5.31. The second-order valence-corrected chi connectivity index (χ2v) is 5.31. The van der Waals surface area contributed by atoms with E-state index in [0.29, 0.717) is 16.9 Å². The van der Waals surface area contributed by atoms with Crippen molar-refractivity contribution in [3.05, 3.63) is 71.1 Å². The van der Waals surface area contributed by atoms with Crippen LogP contribution in [0.4, 0.5) is 4.39 Å². The third-order valence-corrected chi connectivity index (χ3v) is 3.51. The molecule has 6 heteroatoms. The number of aliphatic hydroxyl groups is 3. The van der Waals surface area contributed by atoms with Gasteiger partial charge in [-0.1, -0.05) is 6.07 Å². The zero-order valence-corrected chi connectivity index (χ0v) is 12.9. The molecule has 2 rings (SSSR count). The molecule has 0 fully saturated rings. The third-order valence-electron chi connectivity index (χ3n) is 3.51. The molecule has 5 nitrogen and oxygen atoms in total. The number of aliphatic hydroxyl groups excluding tert-OH is 3. The van der Waals surface area contributed by atoms with Crippen molar-refractivity contribution in [1.82, 2.24) is 0 Å². The Balaban J connectivity index is 2.00. The molecular formula is C18H19FO5. The largest absolute Gasteiger partial charge is 0.505 e. The topological polar surface area (TPSA) is 94.1 Å². The first-order valence-corrected chi connectivity index (χ1v) is 7.43. The van der Waals surface area contributed by atoms with E-state index in [-0.39, 0.29) is 19.4 Å². The highest BCUT2D eigenvalue weighted by molar-refractivity contribution is 5.29. The molecule has 0 aliphatic heterocycles. The van der Waals surface area contributed by atoms with Crippen molar-refractivity contribution in [1.29, 1.82) is 0 Å². The maximum absolute atomic E-state index is 13.3. The Labute approximate surface area is 138 Å². The number of halogens is 1. The standard InChI is InChI=1S/C18H19FO5/c19-14-10-13(6-7-16(14)22)15(21)4-1-3-12(11-20)9-17(23)18-5-2-8-24-18/h1-2,5-8,10,15,17,20-23H,4,9,11H2/t3?,15-,17-/m1/s1. The molecule has 2 atom stereocenters. The first kappa shape index (κ1) is 18.0. The molecule has 0 bridgehead atoms. The van der Waals surface area contributed by atoms with Gasteiger partial charge in [0.05, 0.1) is 19.0 Å². The summed E-state index contributed by atoms with van der Waals surface area (Å²) in [5.74, 6) is -0.887. The molecule has 0 saturated heterocycles. The number of hydrogen-bond acceptors (Lipinski definition) is 5. The summed E-state index contributed by atoms with van der Waals surface area (Å²) in [6.45, 7) is -0.293. The Morgan fingerprint density at radius 1 is 1.25 bits per heavy atom. The van der Waals surface area contributed by atoms with Crippen LogP contribution in [0, 0.1) is 5.82 Å². The van der Waals surface area contributed by atoms with Gasteiger partial charge in [-0.15, -0.1) is 5.73 Å². The number of benzene rings is 1. The number of furan rings is 1. The third kappa shape index (κ3) is 4.81. The number of phenols is 1. The number of rotatable bonds is 7. The Bertz CT molecular complexity index is 717. The highest BCUT2D eigenvalue weighted by Gasteiger charge is 2.12. The predicted molar refractivity (Wildman–Crippen MR) is 84.6 cm³/mol. The molecule has 0 saturated carbocycles. The van der Waals surface area contributed by atoms with Crippen LogP contribution in [0.5, 0.6) is 5.75 Å². The molecule has 0 radical (unpaired) electrons. The van der Waals surface area contributed by atoms with Crippen LogP contribution in [0.2, 0.25) is 0 Å². The highest BCUT2D eigenvalue weighted by Crippen LogP contribution is 2.24. The molecule has 4 N–H and O–H groups in total. The van der Waals surface area contributed by atoms with Gasteiger partial charge in [0.25, 0.3) is 0 Å². The van der Waals surface area contributed by atoms with E-state index < -0.39 is 23.8 Å². The van der Waals surface area contributed by atoms with E-state index in [2.05, 4.69) is 5.73 Å². The van der Waals surface area contributed by atoms with E-state index in [0.717, 1.165) is 6.07 Å². The minimum atomic E-state index is -0.970. The van der Waals surface area contributed by atoms with Crippen LogP contribution in [0.25, 0.3) is 0 Å². The van der Waals surface area contributed by atoms with Crippen LogP contribution in [0.1, 0.15) is 36.4 Å². The van der Waals surface area contributed by atoms with Crippen LogP contribution in [0.3, 0.4) is 0 Å². The van der Waals surface area contributed by atoms with E-state index in [1.54, 1.807) is 12.1 Å². The molecule has 24 heavy (non-hydrogen) atoms. The van der Waals surface area contributed by atoms with Crippen LogP contribution < -0.4 is 0 Å². The highest BCUT2D eigenvalue weighted by atomic mass is 19.1. The molecule has 1 heterocycles. The van der Waals surface area contributed by atoms with E-state index in [9.17, 15) is 19.7 Å². The summed E-state index contributed by atoms with van der Waals surface area (Å²) in [5, 5.41) is 38.4. The average molecular weight is 334 g/mol. The van der Waals surface area contributed by atoms with Crippen molar-refractivity contribution >= 4 is 0 Å². The van der Waals surface area contributed by atoms with Crippen molar-refractivity contribution in [3.8, 4) is 5.75 Å². The van der Waals surface area contributed by atoms with E-state index >= 15 is 0 Å². The van der Waals surface area contributed by atoms with Crippen molar-refractivity contribution < 1.29 is 29.2 Å². The maximum atomic E-state index is 13.3. The monoisotopic (exact) mass is 334 g/mol. The van der Waals surface area contributed by atoms with Crippen molar-refractivity contribution in [3.63, 3.8) is 0 Å². The summed E-state index contributed by atoms with van der Waals surface area (Å²) < 4.78 is 18.3. The second kappa shape index (κ2) is 8.47. The van der Waals surface area contributed by atoms with Crippen LogP contribution in [0.15, 0.2) is 58.4 Å². The normalized spacial score (nSPS) is 13.2. The summed E-state index contributed by atoms with van der Waals surface area (Å²) in [5.41, 5.74) is 3.60. The van der Waals surface area contributed by atoms with Crippen LogP contribution >= 0.6 is 0 Å². The van der Waals surface area contributed by atoms with Crippen LogP contribution in [-0.4, -0.2) is 27.0 Å². The lowest BCUT2D eigenvalue weighted by Gasteiger charge is -2.09. The first-order valence-electron chi connectivity index (χ1n) is 7.43. The van der Waals surface area contributed by atoms with Gasteiger partial charge in [-0.25, -0.2) is 4.39 Å². The van der Waals surface area contributed by atoms with Crippen molar-refractivity contribution in [2.24, 2.45) is 0 Å². The SMILES string of the molecule is OCC(=C=CC[C@@H](O)c1ccc(O)c(F)c1)C[C@@H](O)c1ccco1. The van der Waals surface area contributed by atoms with Gasteiger partial charge in [0.2, 0.25) is 0 Å². The fraction of sp³-hybridized carbons (Fsp3) is 0.278. The Hall–Kier alpha value is -2.37. The zero-order chi connectivity index (χ0) is 17.5. The van der Waals surface area contributed by atoms with Crippen LogP contribution in [-0.2, 0) is 0 Å². The number of aromatic hydroxyl groups is 1. The summed E-state index contributed by atoms with van der Waals surface area (Å²) in [6, 6.07) is 6.95. The van der Waals surface area contributed by atoms with Gasteiger partial charge in [0, 0.05) is 12.8 Å².